The molecule has 6 fully saturated rings. The minimum absolute atomic E-state index is 0.0107. The largest absolute Gasteiger partial charge is 0.481 e. The highest BCUT2D eigenvalue weighted by Crippen LogP contribution is 2.50. The number of benzene rings is 1. The molecular weight excluding hydrogens is 929 g/mol. The van der Waals surface area contributed by atoms with E-state index in [1.165, 1.54) is 179 Å². The number of unbranched alkanes of at least 4 members (excludes halogenated alkanes) is 14. The van der Waals surface area contributed by atoms with Gasteiger partial charge in [0.05, 0.1) is 29.1 Å². The maximum Gasteiger partial charge on any atom is 0.335 e. The molecule has 0 aliphatic heterocycles. The van der Waals surface area contributed by atoms with Crippen molar-refractivity contribution in [3.8, 4) is 0 Å². The van der Waals surface area contributed by atoms with Crippen molar-refractivity contribution in [3.05, 3.63) is 34.4 Å². The molecule has 3 unspecified atom stereocenters. The van der Waals surface area contributed by atoms with Gasteiger partial charge in [0.15, 0.2) is 0 Å². The van der Waals surface area contributed by atoms with Crippen LogP contribution in [0.5, 0.6) is 0 Å². The molecule has 6 aliphatic rings. The molecule has 0 radical (unpaired) electrons. The Morgan fingerprint density at radius 3 is 1.34 bits per heavy atom. The Kier molecular flexibility index (Phi) is 28.5. The van der Waals surface area contributed by atoms with Crippen LogP contribution in [-0.4, -0.2) is 56.9 Å². The first-order valence-corrected chi connectivity index (χ1v) is 31.1. The number of aromatic carboxylic acids is 2. The van der Waals surface area contributed by atoms with Gasteiger partial charge in [-0.15, -0.1) is 0 Å². The van der Waals surface area contributed by atoms with E-state index in [0.29, 0.717) is 45.1 Å². The standard InChI is InChI=1S/C24H40O4.C20H26O4.C20H38O2/c25-22(26)20-14-16-24(23(27)28,15-6-2-4-8-19-12-13-19)21(17-20)9-5-1-3-7-18-10-11-18;21-19(22)17-11-12-18(20(23)24)16(6-2-4-14-9-10-14)15(17)5-1-3-13-7-8-13;1-2-3-4-8-12-15-20(21)22-18-13-10-7-5-6-9-11-14-19-16-17-19/h18-21H,1-17H2,(H,25,26)(H,27,28);11-14H,1-10H2,(H,21,22)(H,23,24);19H,2-18H2,1H3. The Hall–Kier alpha value is -3.43. The monoisotopic (exact) mass is 1030 g/mol. The zero-order valence-electron chi connectivity index (χ0n) is 46.5. The number of carboxylic acids is 4. The highest BCUT2D eigenvalue weighted by molar-refractivity contribution is 5.95. The fourth-order valence-electron chi connectivity index (χ4n) is 12.1. The van der Waals surface area contributed by atoms with Crippen molar-refractivity contribution in [1.29, 1.82) is 0 Å². The molecule has 3 atom stereocenters. The minimum Gasteiger partial charge on any atom is -0.481 e. The molecule has 0 bridgehead atoms. The molecule has 6 saturated carbocycles. The third-order valence-electron chi connectivity index (χ3n) is 17.9. The molecule has 10 heteroatoms. The third-order valence-corrected chi connectivity index (χ3v) is 17.9. The van der Waals surface area contributed by atoms with Crippen LogP contribution in [0.1, 0.15) is 302 Å². The summed E-state index contributed by atoms with van der Waals surface area (Å²) in [7, 11) is 0. The average molecular weight is 1030 g/mol. The Balaban J connectivity index is 0.000000207. The second-order valence-electron chi connectivity index (χ2n) is 24.6. The number of hydrogen-bond donors (Lipinski definition) is 4. The van der Waals surface area contributed by atoms with E-state index in [2.05, 4.69) is 6.92 Å². The highest BCUT2D eigenvalue weighted by atomic mass is 16.5. The molecule has 7 rings (SSSR count). The first-order chi connectivity index (χ1) is 35.9. The summed E-state index contributed by atoms with van der Waals surface area (Å²) in [5.41, 5.74) is 1.43. The van der Waals surface area contributed by atoms with Crippen LogP contribution in [-0.2, 0) is 32.0 Å². The molecule has 0 aromatic heterocycles. The third kappa shape index (κ3) is 25.2. The summed E-state index contributed by atoms with van der Waals surface area (Å²) in [6.45, 7) is 2.85. The zero-order chi connectivity index (χ0) is 53.0. The lowest BCUT2D eigenvalue weighted by Gasteiger charge is -2.43. The highest BCUT2D eigenvalue weighted by Gasteiger charge is 2.49. The second-order valence-corrected chi connectivity index (χ2v) is 24.6. The van der Waals surface area contributed by atoms with Gasteiger partial charge in [-0.1, -0.05) is 206 Å². The fourth-order valence-corrected chi connectivity index (χ4v) is 12.1. The van der Waals surface area contributed by atoms with E-state index in [4.69, 9.17) is 4.74 Å². The number of carboxylic acid groups (broad SMARTS) is 4. The fraction of sp³-hybridized carbons (Fsp3) is 0.828. The van der Waals surface area contributed by atoms with E-state index < -0.39 is 29.3 Å². The van der Waals surface area contributed by atoms with Gasteiger partial charge < -0.3 is 25.2 Å². The molecule has 74 heavy (non-hydrogen) atoms. The zero-order valence-corrected chi connectivity index (χ0v) is 46.5. The summed E-state index contributed by atoms with van der Waals surface area (Å²) in [4.78, 5) is 58.7. The molecule has 0 amide bonds. The number of hydrogen-bond acceptors (Lipinski definition) is 6. The molecule has 4 N–H and O–H groups in total. The SMILES string of the molecule is CCCCCCCC(=O)OCCCCCCCCCC1CC1.O=C(O)C1CCC(CCCCCC2CC2)(C(=O)O)C(CCCCCC2CC2)C1.O=C(O)c1ccc(C(=O)O)c(CCCC2CC2)c1CCCC1CC1. The van der Waals surface area contributed by atoms with Gasteiger partial charge in [-0.2, -0.15) is 0 Å². The molecule has 1 aromatic rings. The number of carbonyl (C=O) groups is 5. The molecule has 1 aromatic carbocycles. The molecule has 6 aliphatic carbocycles. The Labute approximate surface area is 448 Å². The van der Waals surface area contributed by atoms with E-state index in [-0.39, 0.29) is 28.9 Å². The summed E-state index contributed by atoms with van der Waals surface area (Å²) in [6.07, 6.45) is 49.2. The molecule has 0 saturated heterocycles. The van der Waals surface area contributed by atoms with Crippen LogP contribution in [0.15, 0.2) is 12.1 Å². The van der Waals surface area contributed by atoms with Crippen LogP contribution in [0.2, 0.25) is 0 Å². The van der Waals surface area contributed by atoms with Gasteiger partial charge in [0.1, 0.15) is 0 Å². The van der Waals surface area contributed by atoms with E-state index in [1.807, 2.05) is 0 Å². The van der Waals surface area contributed by atoms with Crippen LogP contribution in [0, 0.1) is 46.8 Å². The quantitative estimate of drug-likeness (QED) is 0.0366. The normalized spacial score (nSPS) is 21.2. The maximum atomic E-state index is 12.4. The lowest BCUT2D eigenvalue weighted by atomic mass is 9.59. The van der Waals surface area contributed by atoms with Gasteiger partial charge in [-0.3, -0.25) is 14.4 Å². The van der Waals surface area contributed by atoms with E-state index in [9.17, 15) is 44.4 Å². The Bertz CT molecular complexity index is 1750. The summed E-state index contributed by atoms with van der Waals surface area (Å²) < 4.78 is 5.29. The second kappa shape index (κ2) is 34.4. The Morgan fingerprint density at radius 1 is 0.486 bits per heavy atom. The summed E-state index contributed by atoms with van der Waals surface area (Å²) in [5.74, 6) is 1.01. The summed E-state index contributed by atoms with van der Waals surface area (Å²) >= 11 is 0. The van der Waals surface area contributed by atoms with Crippen molar-refractivity contribution < 1.29 is 49.1 Å². The van der Waals surface area contributed by atoms with Gasteiger partial charge in [0.2, 0.25) is 0 Å². The first kappa shape index (κ1) is 61.4. The number of ether oxygens (including phenoxy) is 1. The number of rotatable bonds is 40. The number of aliphatic carboxylic acids is 2. The van der Waals surface area contributed by atoms with Gasteiger partial charge >= 0.3 is 29.8 Å². The van der Waals surface area contributed by atoms with E-state index >= 15 is 0 Å². The summed E-state index contributed by atoms with van der Waals surface area (Å²) in [5, 5.41) is 38.7. The number of esters is 1. The van der Waals surface area contributed by atoms with Crippen LogP contribution >= 0.6 is 0 Å². The predicted molar refractivity (Wildman–Crippen MR) is 296 cm³/mol. The first-order valence-electron chi connectivity index (χ1n) is 31.1. The molecule has 420 valence electrons. The number of carbonyl (C=O) groups excluding carboxylic acids is 1. The van der Waals surface area contributed by atoms with Crippen LogP contribution in [0.25, 0.3) is 0 Å². The topological polar surface area (TPSA) is 176 Å². The maximum absolute atomic E-state index is 12.4. The van der Waals surface area contributed by atoms with Crippen LogP contribution < -0.4 is 0 Å². The molecule has 0 spiro atoms. The average Bonchev–Trinajstić information content (AvgIpc) is 4.15. The van der Waals surface area contributed by atoms with Gasteiger partial charge in [-0.05, 0) is 129 Å². The lowest BCUT2D eigenvalue weighted by molar-refractivity contribution is -0.161. The van der Waals surface area contributed by atoms with E-state index in [1.54, 1.807) is 0 Å². The predicted octanol–water partition coefficient (Wildman–Crippen LogP) is 17.2. The molecular formula is C64H104O10. The van der Waals surface area contributed by atoms with Crippen LogP contribution in [0.4, 0.5) is 0 Å². The van der Waals surface area contributed by atoms with Crippen molar-refractivity contribution in [2.45, 2.75) is 283 Å². The van der Waals surface area contributed by atoms with Gasteiger partial charge in [-0.25, -0.2) is 9.59 Å². The van der Waals surface area contributed by atoms with Gasteiger partial charge in [0, 0.05) is 6.42 Å². The minimum atomic E-state index is -0.947. The Morgan fingerprint density at radius 2 is 0.892 bits per heavy atom. The van der Waals surface area contributed by atoms with Crippen molar-refractivity contribution in [3.63, 3.8) is 0 Å². The smallest absolute Gasteiger partial charge is 0.335 e. The van der Waals surface area contributed by atoms with Crippen molar-refractivity contribution >= 4 is 29.8 Å². The summed E-state index contributed by atoms with van der Waals surface area (Å²) in [6, 6.07) is 2.95. The lowest BCUT2D eigenvalue weighted by Crippen LogP contribution is -2.44. The molecule has 0 heterocycles. The van der Waals surface area contributed by atoms with Crippen LogP contribution in [0.3, 0.4) is 0 Å². The van der Waals surface area contributed by atoms with Crippen molar-refractivity contribution in [2.24, 2.45) is 46.8 Å². The molecule has 10 nitrogen and oxygen atoms in total. The van der Waals surface area contributed by atoms with Gasteiger partial charge in [0.25, 0.3) is 0 Å². The van der Waals surface area contributed by atoms with Crippen molar-refractivity contribution in [2.75, 3.05) is 6.61 Å². The van der Waals surface area contributed by atoms with Crippen molar-refractivity contribution in [1.82, 2.24) is 0 Å². The van der Waals surface area contributed by atoms with E-state index in [0.717, 1.165) is 111 Å².